The normalized spacial score (nSPS) is 13.7. The van der Waals surface area contributed by atoms with Gasteiger partial charge in [0.2, 0.25) is 0 Å². The number of nitrogens with zero attached hydrogens (tertiary/aromatic N) is 1. The van der Waals surface area contributed by atoms with Crippen LogP contribution in [0.15, 0.2) is 63.8 Å². The molecule has 2 aromatic carbocycles. The Bertz CT molecular complexity index is 990. The molecule has 0 saturated heterocycles. The van der Waals surface area contributed by atoms with Crippen LogP contribution in [0.2, 0.25) is 0 Å². The molecule has 22 heavy (non-hydrogen) atoms. The lowest BCUT2D eigenvalue weighted by atomic mass is 10.1. The van der Waals surface area contributed by atoms with Gasteiger partial charge in [-0.15, -0.1) is 0 Å². The summed E-state index contributed by atoms with van der Waals surface area (Å²) in [6.45, 7) is 0. The predicted molar refractivity (Wildman–Crippen MR) is 82.6 cm³/mol. The topological polar surface area (TPSA) is 74.4 Å². The summed E-state index contributed by atoms with van der Waals surface area (Å²) in [5, 5.41) is 8.95. The average Bonchev–Trinajstić information content (AvgIpc) is 2.80. The van der Waals surface area contributed by atoms with Crippen molar-refractivity contribution in [1.29, 1.82) is 5.41 Å². The van der Waals surface area contributed by atoms with Crippen LogP contribution in [0, 0.1) is 5.41 Å². The van der Waals surface area contributed by atoms with Crippen LogP contribution in [0.5, 0.6) is 0 Å². The second kappa shape index (κ2) is 4.39. The molecule has 0 saturated carbocycles. The Morgan fingerprint density at radius 2 is 1.55 bits per heavy atom. The molecular weight excluding hydrogens is 280 g/mol. The van der Waals surface area contributed by atoms with Crippen molar-refractivity contribution in [2.45, 2.75) is 0 Å². The molecule has 1 aromatic heterocycles. The highest BCUT2D eigenvalue weighted by Gasteiger charge is 2.38. The van der Waals surface area contributed by atoms with Crippen molar-refractivity contribution in [3.8, 4) is 0 Å². The van der Waals surface area contributed by atoms with Gasteiger partial charge in [0.1, 0.15) is 17.0 Å². The van der Waals surface area contributed by atoms with Gasteiger partial charge in [-0.2, -0.15) is 0 Å². The van der Waals surface area contributed by atoms with Crippen LogP contribution in [0.3, 0.4) is 0 Å². The van der Waals surface area contributed by atoms with E-state index in [1.807, 2.05) is 6.07 Å². The van der Waals surface area contributed by atoms with E-state index in [1.54, 1.807) is 48.5 Å². The molecule has 1 N–H and O–H groups in total. The lowest BCUT2D eigenvalue weighted by Crippen LogP contribution is -2.30. The first kappa shape index (κ1) is 12.5. The highest BCUT2D eigenvalue weighted by atomic mass is 16.4. The van der Waals surface area contributed by atoms with Gasteiger partial charge in [-0.05, 0) is 18.2 Å². The molecule has 0 atom stereocenters. The Balaban J connectivity index is 2.04. The van der Waals surface area contributed by atoms with Crippen molar-refractivity contribution in [2.24, 2.45) is 0 Å². The van der Waals surface area contributed by atoms with Crippen LogP contribution < -0.4 is 10.5 Å². The van der Waals surface area contributed by atoms with Gasteiger partial charge < -0.3 is 4.42 Å². The number of benzene rings is 2. The second-order valence-electron chi connectivity index (χ2n) is 4.96. The van der Waals surface area contributed by atoms with Crippen LogP contribution >= 0.6 is 0 Å². The molecule has 0 fully saturated rings. The maximum Gasteiger partial charge on any atom is 0.350 e. The summed E-state index contributed by atoms with van der Waals surface area (Å²) in [5.41, 5.74) is 0.478. The SMILES string of the molecule is N=C1c2c(c(=O)oc3ccccc23)C(=O)N1c1ccccc1. The number of hydrogen-bond donors (Lipinski definition) is 1. The van der Waals surface area contributed by atoms with E-state index >= 15 is 0 Å². The number of amidine groups is 1. The molecule has 0 unspecified atom stereocenters. The number of anilines is 1. The summed E-state index contributed by atoms with van der Waals surface area (Å²) in [6.07, 6.45) is 0. The van der Waals surface area contributed by atoms with Crippen molar-refractivity contribution in [3.63, 3.8) is 0 Å². The molecule has 0 bridgehead atoms. The molecule has 0 aliphatic carbocycles. The highest BCUT2D eigenvalue weighted by Crippen LogP contribution is 2.31. The number of nitrogens with one attached hydrogen (secondary N) is 1. The molecule has 1 aliphatic rings. The summed E-state index contributed by atoms with van der Waals surface area (Å²) < 4.78 is 5.21. The quantitative estimate of drug-likeness (QED) is 0.700. The molecule has 1 aliphatic heterocycles. The van der Waals surface area contributed by atoms with Crippen LogP contribution in [0.25, 0.3) is 11.0 Å². The first-order chi connectivity index (χ1) is 10.7. The van der Waals surface area contributed by atoms with Gasteiger partial charge in [0, 0.05) is 10.9 Å². The van der Waals surface area contributed by atoms with E-state index in [2.05, 4.69) is 0 Å². The van der Waals surface area contributed by atoms with Gasteiger partial charge in [0.15, 0.2) is 0 Å². The first-order valence-electron chi connectivity index (χ1n) is 6.73. The Morgan fingerprint density at radius 3 is 2.32 bits per heavy atom. The zero-order valence-electron chi connectivity index (χ0n) is 11.4. The Kier molecular flexibility index (Phi) is 2.50. The third kappa shape index (κ3) is 1.56. The van der Waals surface area contributed by atoms with Gasteiger partial charge >= 0.3 is 5.63 Å². The third-order valence-corrected chi connectivity index (χ3v) is 3.70. The number of rotatable bonds is 1. The molecule has 1 amide bonds. The largest absolute Gasteiger partial charge is 0.422 e. The maximum atomic E-state index is 12.6. The Labute approximate surface area is 124 Å². The van der Waals surface area contributed by atoms with Crippen LogP contribution in [-0.2, 0) is 0 Å². The van der Waals surface area contributed by atoms with E-state index in [-0.39, 0.29) is 11.4 Å². The van der Waals surface area contributed by atoms with Crippen LogP contribution in [-0.4, -0.2) is 11.7 Å². The monoisotopic (exact) mass is 290 g/mol. The minimum atomic E-state index is -0.707. The van der Waals surface area contributed by atoms with E-state index in [0.29, 0.717) is 22.2 Å². The molecule has 4 rings (SSSR count). The Morgan fingerprint density at radius 1 is 0.864 bits per heavy atom. The standard InChI is InChI=1S/C17H10N2O3/c18-15-13-11-8-4-5-9-12(11)22-17(21)14(13)16(20)19(15)10-6-2-1-3-7-10/h1-9,18H. The molecular formula is C17H10N2O3. The second-order valence-corrected chi connectivity index (χ2v) is 4.96. The number of para-hydroxylation sites is 2. The fraction of sp³-hybridized carbons (Fsp3) is 0. The first-order valence-corrected chi connectivity index (χ1v) is 6.73. The zero-order valence-corrected chi connectivity index (χ0v) is 11.4. The van der Waals surface area contributed by atoms with Crippen molar-refractivity contribution < 1.29 is 9.21 Å². The molecule has 0 radical (unpaired) electrons. The van der Waals surface area contributed by atoms with E-state index < -0.39 is 11.5 Å². The Hall–Kier alpha value is -3.21. The van der Waals surface area contributed by atoms with Gasteiger partial charge in [-0.1, -0.05) is 36.4 Å². The van der Waals surface area contributed by atoms with Crippen LogP contribution in [0.4, 0.5) is 5.69 Å². The highest BCUT2D eigenvalue weighted by molar-refractivity contribution is 6.37. The molecule has 0 spiro atoms. The van der Waals surface area contributed by atoms with Crippen molar-refractivity contribution in [1.82, 2.24) is 0 Å². The maximum absolute atomic E-state index is 12.6. The molecule has 3 aromatic rings. The van der Waals surface area contributed by atoms with Gasteiger partial charge in [-0.25, -0.2) is 4.79 Å². The average molecular weight is 290 g/mol. The van der Waals surface area contributed by atoms with E-state index in [9.17, 15) is 9.59 Å². The fourth-order valence-corrected chi connectivity index (χ4v) is 2.74. The number of fused-ring (bicyclic) bond motifs is 3. The summed E-state index contributed by atoms with van der Waals surface area (Å²) in [6, 6.07) is 15.7. The van der Waals surface area contributed by atoms with E-state index in [1.165, 1.54) is 4.90 Å². The molecule has 5 nitrogen and oxygen atoms in total. The lowest BCUT2D eigenvalue weighted by molar-refractivity contribution is 0.100. The summed E-state index contributed by atoms with van der Waals surface area (Å²) in [5.74, 6) is -0.527. The van der Waals surface area contributed by atoms with Crippen molar-refractivity contribution in [2.75, 3.05) is 4.90 Å². The molecule has 106 valence electrons. The van der Waals surface area contributed by atoms with Gasteiger partial charge in [0.05, 0.1) is 5.69 Å². The van der Waals surface area contributed by atoms with E-state index in [4.69, 9.17) is 9.83 Å². The zero-order chi connectivity index (χ0) is 15.3. The van der Waals surface area contributed by atoms with E-state index in [0.717, 1.165) is 0 Å². The number of carbonyl (C=O) groups excluding carboxylic acids is 1. The molecule has 5 heteroatoms. The predicted octanol–water partition coefficient (Wildman–Crippen LogP) is 2.78. The summed E-state index contributed by atoms with van der Waals surface area (Å²) >= 11 is 0. The van der Waals surface area contributed by atoms with Gasteiger partial charge in [0.25, 0.3) is 5.91 Å². The van der Waals surface area contributed by atoms with Gasteiger partial charge in [-0.3, -0.25) is 15.1 Å². The van der Waals surface area contributed by atoms with Crippen molar-refractivity contribution in [3.05, 3.63) is 76.1 Å². The lowest BCUT2D eigenvalue weighted by Gasteiger charge is -2.15. The minimum Gasteiger partial charge on any atom is -0.422 e. The number of hydrogen-bond acceptors (Lipinski definition) is 4. The minimum absolute atomic E-state index is 0.00435. The number of amides is 1. The molecule has 2 heterocycles. The summed E-state index contributed by atoms with van der Waals surface area (Å²) in [7, 11) is 0. The summed E-state index contributed by atoms with van der Waals surface area (Å²) in [4.78, 5) is 26.0. The van der Waals surface area contributed by atoms with Crippen LogP contribution in [0.1, 0.15) is 15.9 Å². The fourth-order valence-electron chi connectivity index (χ4n) is 2.74. The number of carbonyl (C=O) groups is 1. The van der Waals surface area contributed by atoms with Crippen molar-refractivity contribution >= 4 is 28.4 Å². The third-order valence-electron chi connectivity index (χ3n) is 3.70. The smallest absolute Gasteiger partial charge is 0.350 e.